The number of nitrogens with zero attached hydrogens (tertiary/aromatic N) is 2. The average molecular weight is 264 g/mol. The van der Waals surface area contributed by atoms with Gasteiger partial charge in [0.15, 0.2) is 0 Å². The maximum Gasteiger partial charge on any atom is 0.122 e. The molecule has 0 amide bonds. The highest BCUT2D eigenvalue weighted by Gasteiger charge is 2.23. The molecule has 0 aromatic heterocycles. The number of anilines is 1. The average Bonchev–Trinajstić information content (AvgIpc) is 2.46. The molecule has 1 atom stereocenters. The topological polar surface area (TPSA) is 35.9 Å². The van der Waals surface area contributed by atoms with Crippen LogP contribution >= 0.6 is 0 Å². The summed E-state index contributed by atoms with van der Waals surface area (Å²) in [5, 5.41) is 9.26. The Kier molecular flexibility index (Phi) is 4.66. The lowest BCUT2D eigenvalue weighted by atomic mass is 10.1. The van der Waals surface area contributed by atoms with Crippen LogP contribution in [0.4, 0.5) is 5.69 Å². The lowest BCUT2D eigenvalue weighted by Crippen LogP contribution is -2.52. The molecule has 1 N–H and O–H groups in total. The Hall–Kier alpha value is -1.26. The molecule has 1 aliphatic heterocycles. The predicted octanol–water partition coefficient (Wildman–Crippen LogP) is 1.72. The Labute approximate surface area is 115 Å². The van der Waals surface area contributed by atoms with Gasteiger partial charge in [-0.05, 0) is 37.1 Å². The van der Waals surface area contributed by atoms with Crippen LogP contribution in [0.1, 0.15) is 19.4 Å². The zero-order valence-corrected chi connectivity index (χ0v) is 12.1. The summed E-state index contributed by atoms with van der Waals surface area (Å²) in [6.07, 6.45) is 0.975. The third-order valence-electron chi connectivity index (χ3n) is 3.96. The van der Waals surface area contributed by atoms with Crippen molar-refractivity contribution in [3.8, 4) is 5.75 Å². The largest absolute Gasteiger partial charge is 0.496 e. The van der Waals surface area contributed by atoms with Crippen LogP contribution < -0.4 is 9.64 Å². The molecule has 1 saturated heterocycles. The van der Waals surface area contributed by atoms with Crippen LogP contribution in [0.2, 0.25) is 0 Å². The van der Waals surface area contributed by atoms with E-state index in [1.165, 1.54) is 11.3 Å². The molecule has 19 heavy (non-hydrogen) atoms. The highest BCUT2D eigenvalue weighted by Crippen LogP contribution is 2.26. The van der Waals surface area contributed by atoms with Crippen LogP contribution in [-0.4, -0.2) is 49.5 Å². The van der Waals surface area contributed by atoms with Gasteiger partial charge in [0.1, 0.15) is 5.75 Å². The van der Waals surface area contributed by atoms with E-state index >= 15 is 0 Å². The van der Waals surface area contributed by atoms with E-state index in [0.29, 0.717) is 6.04 Å². The van der Waals surface area contributed by atoms with Gasteiger partial charge in [-0.1, -0.05) is 6.92 Å². The molecule has 1 fully saturated rings. The fourth-order valence-electron chi connectivity index (χ4n) is 2.68. The predicted molar refractivity (Wildman–Crippen MR) is 77.8 cm³/mol. The third kappa shape index (κ3) is 3.01. The van der Waals surface area contributed by atoms with E-state index in [9.17, 15) is 5.11 Å². The van der Waals surface area contributed by atoms with Gasteiger partial charge in [-0.3, -0.25) is 4.90 Å². The van der Waals surface area contributed by atoms with E-state index in [-0.39, 0.29) is 6.73 Å². The second-order valence-corrected chi connectivity index (χ2v) is 5.10. The standard InChI is InChI=1S/C15H24N2O2/c1-4-13-9-14(5-6-15(13)19-3)16-7-8-17(11-18)12(2)10-16/h5-6,9,12,18H,4,7-8,10-11H2,1-3H3. The highest BCUT2D eigenvalue weighted by atomic mass is 16.5. The maximum absolute atomic E-state index is 9.26. The van der Waals surface area contributed by atoms with Crippen LogP contribution in [0.5, 0.6) is 5.75 Å². The molecule has 1 unspecified atom stereocenters. The number of benzene rings is 1. The van der Waals surface area contributed by atoms with Crippen LogP contribution in [0.25, 0.3) is 0 Å². The Morgan fingerprint density at radius 2 is 2.16 bits per heavy atom. The van der Waals surface area contributed by atoms with Gasteiger partial charge in [-0.25, -0.2) is 0 Å². The summed E-state index contributed by atoms with van der Waals surface area (Å²) in [4.78, 5) is 4.48. The van der Waals surface area contributed by atoms with Crippen LogP contribution in [0.3, 0.4) is 0 Å². The summed E-state index contributed by atoms with van der Waals surface area (Å²) >= 11 is 0. The number of aryl methyl sites for hydroxylation is 1. The summed E-state index contributed by atoms with van der Waals surface area (Å²) in [5.41, 5.74) is 2.50. The number of hydrogen-bond acceptors (Lipinski definition) is 4. The quantitative estimate of drug-likeness (QED) is 0.898. The smallest absolute Gasteiger partial charge is 0.122 e. The van der Waals surface area contributed by atoms with E-state index in [0.717, 1.165) is 31.8 Å². The second-order valence-electron chi connectivity index (χ2n) is 5.10. The number of aliphatic hydroxyl groups is 1. The van der Waals surface area contributed by atoms with E-state index in [4.69, 9.17) is 4.74 Å². The minimum absolute atomic E-state index is 0.151. The zero-order valence-electron chi connectivity index (χ0n) is 12.1. The number of hydrogen-bond donors (Lipinski definition) is 1. The van der Waals surface area contributed by atoms with Gasteiger partial charge in [-0.15, -0.1) is 0 Å². The van der Waals surface area contributed by atoms with Crippen LogP contribution in [-0.2, 0) is 6.42 Å². The molecular formula is C15H24N2O2. The molecule has 0 bridgehead atoms. The first-order chi connectivity index (χ1) is 9.19. The van der Waals surface area contributed by atoms with Crippen molar-refractivity contribution in [1.82, 2.24) is 4.90 Å². The van der Waals surface area contributed by atoms with E-state index in [2.05, 4.69) is 41.8 Å². The fraction of sp³-hybridized carbons (Fsp3) is 0.600. The first-order valence-corrected chi connectivity index (χ1v) is 6.96. The minimum atomic E-state index is 0.151. The van der Waals surface area contributed by atoms with Gasteiger partial charge >= 0.3 is 0 Å². The van der Waals surface area contributed by atoms with Gasteiger partial charge < -0.3 is 14.7 Å². The third-order valence-corrected chi connectivity index (χ3v) is 3.96. The molecule has 1 aromatic rings. The van der Waals surface area contributed by atoms with Crippen molar-refractivity contribution in [2.45, 2.75) is 26.3 Å². The van der Waals surface area contributed by atoms with E-state index in [1.807, 2.05) is 0 Å². The molecule has 0 spiro atoms. The summed E-state index contributed by atoms with van der Waals surface area (Å²) in [6.45, 7) is 7.28. The minimum Gasteiger partial charge on any atom is -0.496 e. The van der Waals surface area contributed by atoms with Crippen molar-refractivity contribution in [1.29, 1.82) is 0 Å². The van der Waals surface area contributed by atoms with Gasteiger partial charge in [0.05, 0.1) is 13.8 Å². The molecule has 2 rings (SSSR count). The van der Waals surface area contributed by atoms with E-state index in [1.54, 1.807) is 7.11 Å². The number of aliphatic hydroxyl groups excluding tert-OH is 1. The number of piperazine rings is 1. The van der Waals surface area contributed by atoms with Crippen molar-refractivity contribution >= 4 is 5.69 Å². The van der Waals surface area contributed by atoms with Crippen LogP contribution in [0.15, 0.2) is 18.2 Å². The zero-order chi connectivity index (χ0) is 13.8. The lowest BCUT2D eigenvalue weighted by molar-refractivity contribution is 0.0664. The van der Waals surface area contributed by atoms with Crippen molar-refractivity contribution < 1.29 is 9.84 Å². The first-order valence-electron chi connectivity index (χ1n) is 6.96. The normalized spacial score (nSPS) is 20.6. The molecule has 0 radical (unpaired) electrons. The Morgan fingerprint density at radius 1 is 1.37 bits per heavy atom. The Balaban J connectivity index is 2.14. The fourth-order valence-corrected chi connectivity index (χ4v) is 2.68. The molecule has 106 valence electrons. The second kappa shape index (κ2) is 6.26. The van der Waals surface area contributed by atoms with Crippen molar-refractivity contribution in [2.75, 3.05) is 38.4 Å². The number of methoxy groups -OCH3 is 1. The molecule has 1 aliphatic rings. The first kappa shape index (κ1) is 14.2. The Bertz CT molecular complexity index is 423. The molecule has 1 aromatic carbocycles. The molecule has 0 aliphatic carbocycles. The Morgan fingerprint density at radius 3 is 2.74 bits per heavy atom. The van der Waals surface area contributed by atoms with Gasteiger partial charge in [-0.2, -0.15) is 0 Å². The van der Waals surface area contributed by atoms with Gasteiger partial charge in [0.25, 0.3) is 0 Å². The van der Waals surface area contributed by atoms with Gasteiger partial charge in [0, 0.05) is 31.4 Å². The van der Waals surface area contributed by atoms with Crippen molar-refractivity contribution in [3.63, 3.8) is 0 Å². The molecule has 0 saturated carbocycles. The summed E-state index contributed by atoms with van der Waals surface area (Å²) in [6, 6.07) is 6.78. The number of ether oxygens (including phenoxy) is 1. The molecule has 4 nitrogen and oxygen atoms in total. The van der Waals surface area contributed by atoms with Crippen LogP contribution in [0, 0.1) is 0 Å². The van der Waals surface area contributed by atoms with Gasteiger partial charge in [0.2, 0.25) is 0 Å². The maximum atomic E-state index is 9.26. The highest BCUT2D eigenvalue weighted by molar-refractivity contribution is 5.53. The van der Waals surface area contributed by atoms with Crippen molar-refractivity contribution in [2.24, 2.45) is 0 Å². The lowest BCUT2D eigenvalue weighted by Gasteiger charge is -2.40. The van der Waals surface area contributed by atoms with Crippen molar-refractivity contribution in [3.05, 3.63) is 23.8 Å². The molecule has 1 heterocycles. The monoisotopic (exact) mass is 264 g/mol. The van der Waals surface area contributed by atoms with E-state index < -0.39 is 0 Å². The summed E-state index contributed by atoms with van der Waals surface area (Å²) < 4.78 is 5.37. The molecule has 4 heteroatoms. The number of rotatable bonds is 4. The SMILES string of the molecule is CCc1cc(N2CCN(CO)C(C)C2)ccc1OC. The molecular weight excluding hydrogens is 240 g/mol. The summed E-state index contributed by atoms with van der Waals surface area (Å²) in [5.74, 6) is 0.966. The summed E-state index contributed by atoms with van der Waals surface area (Å²) in [7, 11) is 1.72.